The Labute approximate surface area is 167 Å². The van der Waals surface area contributed by atoms with Gasteiger partial charge in [-0.25, -0.2) is 0 Å². The number of thiol groups is 1. The second kappa shape index (κ2) is 7.95. The molecule has 1 heterocycles. The van der Waals surface area contributed by atoms with Gasteiger partial charge < -0.3 is 9.64 Å². The summed E-state index contributed by atoms with van der Waals surface area (Å²) in [6, 6.07) is 19.5. The third-order valence-corrected chi connectivity index (χ3v) is 6.21. The van der Waals surface area contributed by atoms with Crippen molar-refractivity contribution >= 4 is 23.4 Å². The Balaban J connectivity index is 1.57. The molecule has 1 aliphatic heterocycles. The molecular weight excluding hydrogens is 350 g/mol. The zero-order valence-corrected chi connectivity index (χ0v) is 17.0. The summed E-state index contributed by atoms with van der Waals surface area (Å²) in [6.45, 7) is 5.02. The summed E-state index contributed by atoms with van der Waals surface area (Å²) in [4.78, 5) is 3.45. The minimum Gasteiger partial charge on any atom is -0.489 e. The predicted molar refractivity (Wildman–Crippen MR) is 116 cm³/mol. The van der Waals surface area contributed by atoms with Gasteiger partial charge in [0.2, 0.25) is 0 Å². The molecule has 3 aromatic rings. The molecule has 0 N–H and O–H groups in total. The molecule has 3 heteroatoms. The van der Waals surface area contributed by atoms with E-state index in [4.69, 9.17) is 4.74 Å². The maximum atomic E-state index is 6.12. The lowest BCUT2D eigenvalue weighted by atomic mass is 9.86. The molecule has 1 aliphatic rings. The monoisotopic (exact) mass is 377 g/mol. The molecule has 0 amide bonds. The van der Waals surface area contributed by atoms with E-state index in [2.05, 4.69) is 80.0 Å². The maximum Gasteiger partial charge on any atom is 0.120 e. The number of aryl methyl sites for hydroxylation is 1. The van der Waals surface area contributed by atoms with Crippen molar-refractivity contribution < 1.29 is 4.74 Å². The molecule has 0 spiro atoms. The van der Waals surface area contributed by atoms with Crippen LogP contribution in [0.15, 0.2) is 59.5 Å². The van der Waals surface area contributed by atoms with E-state index >= 15 is 0 Å². The summed E-state index contributed by atoms with van der Waals surface area (Å²) in [6.07, 6.45) is 2.46. The molecule has 27 heavy (non-hydrogen) atoms. The predicted octanol–water partition coefficient (Wildman–Crippen LogP) is 5.83. The topological polar surface area (TPSA) is 12.5 Å². The summed E-state index contributed by atoms with van der Waals surface area (Å²) in [5, 5.41) is 2.64. The van der Waals surface area contributed by atoms with E-state index in [-0.39, 0.29) is 0 Å². The van der Waals surface area contributed by atoms with E-state index < -0.39 is 0 Å². The number of piperidine rings is 1. The van der Waals surface area contributed by atoms with Gasteiger partial charge >= 0.3 is 0 Å². The molecule has 140 valence electrons. The minimum atomic E-state index is 0.580. The molecule has 1 saturated heterocycles. The fourth-order valence-corrected chi connectivity index (χ4v) is 4.15. The van der Waals surface area contributed by atoms with Gasteiger partial charge in [-0.15, -0.1) is 12.6 Å². The molecule has 0 aliphatic carbocycles. The summed E-state index contributed by atoms with van der Waals surface area (Å²) in [5.74, 6) is 1.58. The van der Waals surface area contributed by atoms with Gasteiger partial charge in [-0.3, -0.25) is 0 Å². The smallest absolute Gasteiger partial charge is 0.120 e. The fraction of sp³-hybridized carbons (Fsp3) is 0.333. The van der Waals surface area contributed by atoms with Gasteiger partial charge in [0.25, 0.3) is 0 Å². The van der Waals surface area contributed by atoms with E-state index in [9.17, 15) is 0 Å². The highest BCUT2D eigenvalue weighted by molar-refractivity contribution is 7.80. The molecule has 0 atom stereocenters. The number of hydrogen-bond donors (Lipinski definition) is 1. The molecule has 4 rings (SSSR count). The van der Waals surface area contributed by atoms with Crippen LogP contribution in [-0.4, -0.2) is 25.0 Å². The van der Waals surface area contributed by atoms with Gasteiger partial charge in [0.05, 0.1) is 0 Å². The Morgan fingerprint density at radius 2 is 1.85 bits per heavy atom. The van der Waals surface area contributed by atoms with Crippen molar-refractivity contribution in [3.63, 3.8) is 0 Å². The maximum absolute atomic E-state index is 6.12. The third-order valence-electron chi connectivity index (χ3n) is 5.71. The van der Waals surface area contributed by atoms with Crippen molar-refractivity contribution in [2.45, 2.75) is 37.2 Å². The van der Waals surface area contributed by atoms with Crippen LogP contribution in [0.5, 0.6) is 5.75 Å². The summed E-state index contributed by atoms with van der Waals surface area (Å²) >= 11 is 4.45. The Morgan fingerprint density at radius 1 is 1.04 bits per heavy atom. The van der Waals surface area contributed by atoms with Gasteiger partial charge in [0, 0.05) is 4.90 Å². The van der Waals surface area contributed by atoms with Gasteiger partial charge in [-0.1, -0.05) is 36.4 Å². The highest BCUT2D eigenvalue weighted by Gasteiger charge is 2.20. The lowest BCUT2D eigenvalue weighted by molar-refractivity contribution is 0.256. The van der Waals surface area contributed by atoms with Gasteiger partial charge in [-0.2, -0.15) is 0 Å². The largest absolute Gasteiger partial charge is 0.489 e. The van der Waals surface area contributed by atoms with E-state index in [0.717, 1.165) is 10.6 Å². The van der Waals surface area contributed by atoms with Crippen LogP contribution < -0.4 is 4.74 Å². The van der Waals surface area contributed by atoms with Crippen molar-refractivity contribution in [3.8, 4) is 5.75 Å². The summed E-state index contributed by atoms with van der Waals surface area (Å²) in [5.41, 5.74) is 3.83. The molecule has 0 unspecified atom stereocenters. The van der Waals surface area contributed by atoms with Crippen LogP contribution in [0.3, 0.4) is 0 Å². The van der Waals surface area contributed by atoms with E-state index in [0.29, 0.717) is 12.5 Å². The molecule has 0 radical (unpaired) electrons. The Morgan fingerprint density at radius 3 is 2.63 bits per heavy atom. The number of hydrogen-bond acceptors (Lipinski definition) is 3. The summed E-state index contributed by atoms with van der Waals surface area (Å²) in [7, 11) is 2.22. The molecule has 2 nitrogen and oxygen atoms in total. The molecule has 1 fully saturated rings. The van der Waals surface area contributed by atoms with Crippen LogP contribution in [0.25, 0.3) is 10.8 Å². The zero-order valence-electron chi connectivity index (χ0n) is 16.1. The van der Waals surface area contributed by atoms with Crippen LogP contribution in [0.4, 0.5) is 0 Å². The number of ether oxygens (including phenoxy) is 1. The quantitative estimate of drug-likeness (QED) is 0.575. The second-order valence-corrected chi connectivity index (χ2v) is 8.20. The summed E-state index contributed by atoms with van der Waals surface area (Å²) < 4.78 is 6.12. The average molecular weight is 378 g/mol. The molecule has 0 aromatic heterocycles. The SMILES string of the molecule is Cc1cc(COc2ccc3cccc(C4CCN(C)CC4)c3c2)ccc1S. The Hall–Kier alpha value is -1.97. The number of rotatable bonds is 4. The Bertz CT molecular complexity index is 944. The minimum absolute atomic E-state index is 0.580. The van der Waals surface area contributed by atoms with Gasteiger partial charge in [0.1, 0.15) is 12.4 Å². The van der Waals surface area contributed by atoms with E-state index in [1.165, 1.54) is 53.4 Å². The van der Waals surface area contributed by atoms with Crippen molar-refractivity contribution in [1.29, 1.82) is 0 Å². The second-order valence-electron chi connectivity index (χ2n) is 7.72. The van der Waals surface area contributed by atoms with Crippen molar-refractivity contribution in [2.75, 3.05) is 20.1 Å². The fourth-order valence-electron chi connectivity index (χ4n) is 4.02. The standard InChI is InChI=1S/C24H27NOS/c1-17-14-18(6-9-24(17)27)16-26-21-8-7-19-4-3-5-22(23(19)15-21)20-10-12-25(2)13-11-20/h3-9,14-15,20,27H,10-13,16H2,1-2H3. The first-order valence-corrected chi connectivity index (χ1v) is 10.2. The normalized spacial score (nSPS) is 16.0. The first-order valence-electron chi connectivity index (χ1n) is 9.72. The zero-order chi connectivity index (χ0) is 18.8. The van der Waals surface area contributed by atoms with Gasteiger partial charge in [0.15, 0.2) is 0 Å². The van der Waals surface area contributed by atoms with Gasteiger partial charge in [-0.05, 0) is 91.5 Å². The number of nitrogens with zero attached hydrogens (tertiary/aromatic N) is 1. The molecule has 0 bridgehead atoms. The van der Waals surface area contributed by atoms with Crippen LogP contribution in [0.1, 0.15) is 35.4 Å². The number of fused-ring (bicyclic) bond motifs is 1. The molecular formula is C24H27NOS. The lowest BCUT2D eigenvalue weighted by Crippen LogP contribution is -2.29. The third kappa shape index (κ3) is 4.15. The van der Waals surface area contributed by atoms with E-state index in [1.807, 2.05) is 6.07 Å². The van der Waals surface area contributed by atoms with Crippen LogP contribution in [0, 0.1) is 6.92 Å². The lowest BCUT2D eigenvalue weighted by Gasteiger charge is -2.30. The first kappa shape index (κ1) is 18.4. The van der Waals surface area contributed by atoms with E-state index in [1.54, 1.807) is 0 Å². The van der Waals surface area contributed by atoms with Crippen molar-refractivity contribution in [3.05, 3.63) is 71.3 Å². The van der Waals surface area contributed by atoms with Crippen molar-refractivity contribution in [1.82, 2.24) is 4.90 Å². The van der Waals surface area contributed by atoms with Crippen LogP contribution in [-0.2, 0) is 6.61 Å². The van der Waals surface area contributed by atoms with Crippen LogP contribution in [0.2, 0.25) is 0 Å². The molecule has 3 aromatic carbocycles. The van der Waals surface area contributed by atoms with Crippen LogP contribution >= 0.6 is 12.6 Å². The Kier molecular flexibility index (Phi) is 5.42. The number of likely N-dealkylation sites (tertiary alicyclic amines) is 1. The molecule has 0 saturated carbocycles. The first-order chi connectivity index (χ1) is 13.1. The highest BCUT2D eigenvalue weighted by atomic mass is 32.1. The number of benzene rings is 3. The average Bonchev–Trinajstić information content (AvgIpc) is 2.69. The van der Waals surface area contributed by atoms with Crippen molar-refractivity contribution in [2.24, 2.45) is 0 Å². The highest BCUT2D eigenvalue weighted by Crippen LogP contribution is 2.34.